The van der Waals surface area contributed by atoms with Crippen LogP contribution in [0.4, 0.5) is 0 Å². The van der Waals surface area contributed by atoms with Crippen LogP contribution in [0.5, 0.6) is 0 Å². The van der Waals surface area contributed by atoms with Gasteiger partial charge in [0.2, 0.25) is 0 Å². The zero-order valence-electron chi connectivity index (χ0n) is 6.65. The zero-order valence-corrected chi connectivity index (χ0v) is 8.23. The first-order valence-corrected chi connectivity index (χ1v) is 4.97. The van der Waals surface area contributed by atoms with Crippen LogP contribution in [0.2, 0.25) is 0 Å². The lowest BCUT2D eigenvalue weighted by Crippen LogP contribution is -2.02. The maximum atomic E-state index is 8.64. The molecule has 0 aromatic rings. The van der Waals surface area contributed by atoms with E-state index in [2.05, 4.69) is 22.9 Å². The highest BCUT2D eigenvalue weighted by atomic mass is 79.9. The van der Waals surface area contributed by atoms with Crippen molar-refractivity contribution in [3.8, 4) is 0 Å². The van der Waals surface area contributed by atoms with Gasteiger partial charge in [-0.15, -0.1) is 0 Å². The van der Waals surface area contributed by atoms with Crippen molar-refractivity contribution < 1.29 is 5.11 Å². The highest BCUT2D eigenvalue weighted by Crippen LogP contribution is 2.10. The first-order chi connectivity index (χ1) is 4.81. The lowest BCUT2D eigenvalue weighted by atomic mass is 10.1. The molecule has 0 aliphatic rings. The Morgan fingerprint density at radius 2 is 2.00 bits per heavy atom. The van der Waals surface area contributed by atoms with Crippen LogP contribution in [0.1, 0.15) is 39.0 Å². The van der Waals surface area contributed by atoms with E-state index in [9.17, 15) is 0 Å². The van der Waals surface area contributed by atoms with Crippen molar-refractivity contribution >= 4 is 15.9 Å². The molecule has 0 amide bonds. The van der Waals surface area contributed by atoms with E-state index in [-0.39, 0.29) is 6.61 Å². The second-order valence-electron chi connectivity index (χ2n) is 2.63. The van der Waals surface area contributed by atoms with Gasteiger partial charge in [0, 0.05) is 4.83 Å². The van der Waals surface area contributed by atoms with Crippen molar-refractivity contribution in [2.75, 3.05) is 6.61 Å². The molecule has 1 N–H and O–H groups in total. The summed E-state index contributed by atoms with van der Waals surface area (Å²) in [4.78, 5) is 0.323. The van der Waals surface area contributed by atoms with E-state index in [0.29, 0.717) is 4.83 Å². The van der Waals surface area contributed by atoms with E-state index >= 15 is 0 Å². The van der Waals surface area contributed by atoms with E-state index in [1.807, 2.05) is 0 Å². The number of hydrogen-bond acceptors (Lipinski definition) is 1. The zero-order chi connectivity index (χ0) is 7.82. The van der Waals surface area contributed by atoms with Crippen LogP contribution < -0.4 is 0 Å². The predicted octanol–water partition coefficient (Wildman–Crippen LogP) is 2.71. The molecule has 0 unspecified atom stereocenters. The summed E-state index contributed by atoms with van der Waals surface area (Å²) in [6, 6.07) is 0. The summed E-state index contributed by atoms with van der Waals surface area (Å²) in [5.41, 5.74) is 0. The van der Waals surface area contributed by atoms with Crippen LogP contribution in [0.15, 0.2) is 0 Å². The molecular weight excluding hydrogens is 192 g/mol. The first kappa shape index (κ1) is 10.4. The predicted molar refractivity (Wildman–Crippen MR) is 48.6 cm³/mol. The summed E-state index contributed by atoms with van der Waals surface area (Å²) in [6.45, 7) is 2.48. The van der Waals surface area contributed by atoms with Crippen molar-refractivity contribution in [1.29, 1.82) is 0 Å². The van der Waals surface area contributed by atoms with Gasteiger partial charge in [0.25, 0.3) is 0 Å². The van der Waals surface area contributed by atoms with Gasteiger partial charge in [-0.25, -0.2) is 0 Å². The van der Waals surface area contributed by atoms with Crippen molar-refractivity contribution in [3.63, 3.8) is 0 Å². The number of halogens is 1. The third kappa shape index (κ3) is 6.56. The molecule has 0 aliphatic carbocycles. The van der Waals surface area contributed by atoms with Gasteiger partial charge >= 0.3 is 0 Å². The fourth-order valence-electron chi connectivity index (χ4n) is 0.884. The van der Waals surface area contributed by atoms with Gasteiger partial charge in [-0.3, -0.25) is 0 Å². The van der Waals surface area contributed by atoms with E-state index < -0.39 is 0 Å². The molecule has 0 fully saturated rings. The van der Waals surface area contributed by atoms with Crippen molar-refractivity contribution in [2.45, 2.75) is 43.9 Å². The monoisotopic (exact) mass is 208 g/mol. The van der Waals surface area contributed by atoms with E-state index in [1.54, 1.807) is 0 Å². The Bertz CT molecular complexity index is 66.3. The fourth-order valence-corrected chi connectivity index (χ4v) is 1.21. The number of alkyl halides is 1. The van der Waals surface area contributed by atoms with Gasteiger partial charge in [0.05, 0.1) is 6.61 Å². The topological polar surface area (TPSA) is 20.2 Å². The van der Waals surface area contributed by atoms with Gasteiger partial charge in [-0.05, 0) is 6.42 Å². The van der Waals surface area contributed by atoms with Gasteiger partial charge in [0.15, 0.2) is 0 Å². The minimum Gasteiger partial charge on any atom is -0.395 e. The summed E-state index contributed by atoms with van der Waals surface area (Å²) < 4.78 is 0. The number of aliphatic hydroxyl groups excluding tert-OH is 1. The maximum absolute atomic E-state index is 8.64. The third-order valence-electron chi connectivity index (χ3n) is 1.57. The Morgan fingerprint density at radius 1 is 1.30 bits per heavy atom. The summed E-state index contributed by atoms with van der Waals surface area (Å²) in [5, 5.41) is 8.64. The molecule has 1 nitrogen and oxygen atoms in total. The fraction of sp³-hybridized carbons (Fsp3) is 1.00. The molecule has 1 atom stereocenters. The second kappa shape index (κ2) is 7.55. The Labute approximate surface area is 72.0 Å². The largest absolute Gasteiger partial charge is 0.395 e. The van der Waals surface area contributed by atoms with Crippen molar-refractivity contribution in [3.05, 3.63) is 0 Å². The standard InChI is InChI=1S/C8H17BrO/c1-2-3-4-5-6-8(9)7-10/h8,10H,2-7H2,1H3/t8-/m1/s1. The first-order valence-electron chi connectivity index (χ1n) is 4.06. The molecule has 0 saturated carbocycles. The van der Waals surface area contributed by atoms with Gasteiger partial charge in [-0.2, -0.15) is 0 Å². The molecule has 2 heteroatoms. The molecule has 62 valence electrons. The molecule has 0 aliphatic heterocycles. The smallest absolute Gasteiger partial charge is 0.0556 e. The molecule has 10 heavy (non-hydrogen) atoms. The number of rotatable bonds is 6. The highest BCUT2D eigenvalue weighted by Gasteiger charge is 1.99. The normalized spacial score (nSPS) is 13.5. The summed E-state index contributed by atoms with van der Waals surface area (Å²) in [5.74, 6) is 0. The quantitative estimate of drug-likeness (QED) is 0.526. The van der Waals surface area contributed by atoms with Crippen LogP contribution in [0, 0.1) is 0 Å². The number of aliphatic hydroxyl groups is 1. The molecular formula is C8H17BrO. The molecule has 0 heterocycles. The van der Waals surface area contributed by atoms with E-state index in [1.165, 1.54) is 25.7 Å². The summed E-state index contributed by atoms with van der Waals surface area (Å²) in [7, 11) is 0. The van der Waals surface area contributed by atoms with E-state index in [4.69, 9.17) is 5.11 Å². The second-order valence-corrected chi connectivity index (χ2v) is 3.92. The molecule has 0 bridgehead atoms. The Kier molecular flexibility index (Phi) is 7.88. The minimum atomic E-state index is 0.270. The SMILES string of the molecule is CCCCCC[C@@H](Br)CO. The van der Waals surface area contributed by atoms with Crippen molar-refractivity contribution in [1.82, 2.24) is 0 Å². The Balaban J connectivity index is 2.89. The molecule has 0 saturated heterocycles. The van der Waals surface area contributed by atoms with Crippen LogP contribution in [0.25, 0.3) is 0 Å². The van der Waals surface area contributed by atoms with Gasteiger partial charge in [0.1, 0.15) is 0 Å². The Morgan fingerprint density at radius 3 is 2.50 bits per heavy atom. The van der Waals surface area contributed by atoms with Gasteiger partial charge < -0.3 is 5.11 Å². The van der Waals surface area contributed by atoms with E-state index in [0.717, 1.165) is 6.42 Å². The van der Waals surface area contributed by atoms with Crippen LogP contribution in [0.3, 0.4) is 0 Å². The van der Waals surface area contributed by atoms with Crippen LogP contribution in [-0.4, -0.2) is 16.5 Å². The summed E-state index contributed by atoms with van der Waals surface area (Å²) in [6.07, 6.45) is 6.26. The number of unbranched alkanes of at least 4 members (excludes halogenated alkanes) is 3. The molecule has 0 rings (SSSR count). The number of hydrogen-bond donors (Lipinski definition) is 1. The van der Waals surface area contributed by atoms with Gasteiger partial charge in [-0.1, -0.05) is 48.5 Å². The molecule has 0 spiro atoms. The van der Waals surface area contributed by atoms with Crippen molar-refractivity contribution in [2.24, 2.45) is 0 Å². The Hall–Kier alpha value is 0.440. The molecule has 0 aromatic carbocycles. The average Bonchev–Trinajstić information content (AvgIpc) is 1.98. The summed E-state index contributed by atoms with van der Waals surface area (Å²) >= 11 is 3.38. The lowest BCUT2D eigenvalue weighted by molar-refractivity contribution is 0.290. The average molecular weight is 209 g/mol. The maximum Gasteiger partial charge on any atom is 0.0556 e. The molecule has 0 aromatic heterocycles. The lowest BCUT2D eigenvalue weighted by Gasteiger charge is -2.03. The van der Waals surface area contributed by atoms with Crippen LogP contribution >= 0.6 is 15.9 Å². The minimum absolute atomic E-state index is 0.270. The third-order valence-corrected chi connectivity index (χ3v) is 2.32. The molecule has 0 radical (unpaired) electrons. The van der Waals surface area contributed by atoms with Crippen LogP contribution in [-0.2, 0) is 0 Å². The highest BCUT2D eigenvalue weighted by molar-refractivity contribution is 9.09.